The zero-order valence-corrected chi connectivity index (χ0v) is 13.9. The van der Waals surface area contributed by atoms with Gasteiger partial charge in [0.1, 0.15) is 0 Å². The Balaban J connectivity index is 2.04. The number of halogens is 1. The summed E-state index contributed by atoms with van der Waals surface area (Å²) < 4.78 is 1.12. The van der Waals surface area contributed by atoms with Gasteiger partial charge in [0, 0.05) is 22.7 Å². The molecule has 0 saturated heterocycles. The van der Waals surface area contributed by atoms with Crippen LogP contribution in [0.15, 0.2) is 46.9 Å². The van der Waals surface area contributed by atoms with E-state index in [0.29, 0.717) is 0 Å². The fraction of sp³-hybridized carbons (Fsp3) is 0.333. The summed E-state index contributed by atoms with van der Waals surface area (Å²) in [5.41, 5.74) is 11.1. The van der Waals surface area contributed by atoms with Gasteiger partial charge >= 0.3 is 0 Å². The molecule has 0 fully saturated rings. The highest BCUT2D eigenvalue weighted by Crippen LogP contribution is 2.37. The molecule has 1 aliphatic heterocycles. The number of nitrogens with zero attached hydrogens (tertiary/aromatic N) is 1. The van der Waals surface area contributed by atoms with Crippen LogP contribution in [0.25, 0.3) is 0 Å². The van der Waals surface area contributed by atoms with Crippen molar-refractivity contribution in [3.8, 4) is 0 Å². The smallest absolute Gasteiger partial charge is 0.0555 e. The Morgan fingerprint density at radius 1 is 1.10 bits per heavy atom. The van der Waals surface area contributed by atoms with Crippen molar-refractivity contribution in [2.75, 3.05) is 11.4 Å². The summed E-state index contributed by atoms with van der Waals surface area (Å²) in [6, 6.07) is 15.3. The van der Waals surface area contributed by atoms with Gasteiger partial charge in [-0.05, 0) is 71.4 Å². The summed E-state index contributed by atoms with van der Waals surface area (Å²) in [6.45, 7) is 3.08. The molecule has 0 radical (unpaired) electrons. The van der Waals surface area contributed by atoms with Gasteiger partial charge in [0.15, 0.2) is 0 Å². The van der Waals surface area contributed by atoms with Crippen LogP contribution in [0.5, 0.6) is 0 Å². The number of anilines is 2. The van der Waals surface area contributed by atoms with E-state index < -0.39 is 0 Å². The van der Waals surface area contributed by atoms with Crippen molar-refractivity contribution >= 4 is 27.3 Å². The molecule has 0 aliphatic carbocycles. The normalized spacial score (nSPS) is 16.2. The van der Waals surface area contributed by atoms with Crippen LogP contribution in [0.3, 0.4) is 0 Å². The summed E-state index contributed by atoms with van der Waals surface area (Å²) in [6.07, 6.45) is 3.64. The summed E-state index contributed by atoms with van der Waals surface area (Å²) in [5.74, 6) is 0. The minimum absolute atomic E-state index is 0.0618. The maximum Gasteiger partial charge on any atom is 0.0555 e. The van der Waals surface area contributed by atoms with Crippen molar-refractivity contribution in [1.29, 1.82) is 0 Å². The predicted octanol–water partition coefficient (Wildman–Crippen LogP) is 4.94. The number of hydrogen-bond donors (Lipinski definition) is 1. The molecule has 0 amide bonds. The second-order valence-electron chi connectivity index (χ2n) is 5.74. The van der Waals surface area contributed by atoms with Crippen LogP contribution in [0.2, 0.25) is 0 Å². The number of nitrogens with two attached hydrogens (primary N) is 1. The zero-order valence-electron chi connectivity index (χ0n) is 12.3. The standard InChI is InChI=1S/C18H21BrN2/c1-13(20)15-9-10-18(16(19)12-15)21-11-5-4-7-14-6-2-3-8-17(14)21/h2-3,6,8-10,12-13H,4-5,7,11,20H2,1H3. The molecule has 2 aromatic carbocycles. The van der Waals surface area contributed by atoms with E-state index in [1.165, 1.54) is 36.2 Å². The average Bonchev–Trinajstić information content (AvgIpc) is 2.69. The third-order valence-corrected chi connectivity index (χ3v) is 4.78. The molecule has 3 heteroatoms. The van der Waals surface area contributed by atoms with Gasteiger partial charge in [-0.25, -0.2) is 0 Å². The van der Waals surface area contributed by atoms with E-state index in [1.807, 2.05) is 6.92 Å². The average molecular weight is 345 g/mol. The molecule has 2 N–H and O–H groups in total. The summed E-state index contributed by atoms with van der Waals surface area (Å²) in [4.78, 5) is 2.43. The first-order valence-electron chi connectivity index (χ1n) is 7.57. The molecule has 0 aromatic heterocycles. The van der Waals surface area contributed by atoms with Gasteiger partial charge in [0.25, 0.3) is 0 Å². The Kier molecular flexibility index (Phi) is 4.32. The minimum atomic E-state index is 0.0618. The lowest BCUT2D eigenvalue weighted by molar-refractivity contribution is 0.760. The molecule has 21 heavy (non-hydrogen) atoms. The highest BCUT2D eigenvalue weighted by atomic mass is 79.9. The number of hydrogen-bond acceptors (Lipinski definition) is 2. The van der Waals surface area contributed by atoms with Crippen molar-refractivity contribution < 1.29 is 0 Å². The highest BCUT2D eigenvalue weighted by Gasteiger charge is 2.18. The molecule has 110 valence electrons. The van der Waals surface area contributed by atoms with Crippen molar-refractivity contribution in [1.82, 2.24) is 0 Å². The van der Waals surface area contributed by atoms with Crippen molar-refractivity contribution in [3.05, 3.63) is 58.1 Å². The van der Waals surface area contributed by atoms with E-state index in [2.05, 4.69) is 63.3 Å². The molecule has 1 heterocycles. The second kappa shape index (κ2) is 6.20. The fourth-order valence-electron chi connectivity index (χ4n) is 2.97. The van der Waals surface area contributed by atoms with Crippen molar-refractivity contribution in [2.24, 2.45) is 5.73 Å². The summed E-state index contributed by atoms with van der Waals surface area (Å²) in [7, 11) is 0. The Morgan fingerprint density at radius 2 is 1.90 bits per heavy atom. The van der Waals surface area contributed by atoms with E-state index in [0.717, 1.165) is 16.6 Å². The number of benzene rings is 2. The SMILES string of the molecule is CC(N)c1ccc(N2CCCCc3ccccc32)c(Br)c1. The molecule has 2 nitrogen and oxygen atoms in total. The molecule has 1 atom stereocenters. The van der Waals surface area contributed by atoms with Crippen molar-refractivity contribution in [2.45, 2.75) is 32.2 Å². The first-order valence-corrected chi connectivity index (χ1v) is 8.36. The van der Waals surface area contributed by atoms with Crippen LogP contribution >= 0.6 is 15.9 Å². The number of rotatable bonds is 2. The van der Waals surface area contributed by atoms with Gasteiger partial charge in [0.2, 0.25) is 0 Å². The monoisotopic (exact) mass is 344 g/mol. The van der Waals surface area contributed by atoms with Crippen molar-refractivity contribution in [3.63, 3.8) is 0 Å². The van der Waals surface area contributed by atoms with E-state index in [9.17, 15) is 0 Å². The molecule has 0 bridgehead atoms. The molecule has 3 rings (SSSR count). The molecule has 2 aromatic rings. The number of para-hydroxylation sites is 1. The first kappa shape index (κ1) is 14.6. The summed E-state index contributed by atoms with van der Waals surface area (Å²) >= 11 is 3.73. The van der Waals surface area contributed by atoms with Crippen LogP contribution in [-0.4, -0.2) is 6.54 Å². The Bertz CT molecular complexity index is 637. The van der Waals surface area contributed by atoms with E-state index >= 15 is 0 Å². The van der Waals surface area contributed by atoms with E-state index in [-0.39, 0.29) is 6.04 Å². The Labute approximate surface area is 135 Å². The minimum Gasteiger partial charge on any atom is -0.340 e. The lowest BCUT2D eigenvalue weighted by Gasteiger charge is -2.26. The Morgan fingerprint density at radius 3 is 2.67 bits per heavy atom. The molecule has 1 unspecified atom stereocenters. The lowest BCUT2D eigenvalue weighted by Crippen LogP contribution is -2.18. The molecular formula is C18H21BrN2. The third-order valence-electron chi connectivity index (χ3n) is 4.15. The molecule has 0 saturated carbocycles. The third kappa shape index (κ3) is 2.99. The van der Waals surface area contributed by atoms with Gasteiger partial charge in [0.05, 0.1) is 5.69 Å². The highest BCUT2D eigenvalue weighted by molar-refractivity contribution is 9.10. The van der Waals surface area contributed by atoms with Gasteiger partial charge in [-0.1, -0.05) is 24.3 Å². The lowest BCUT2D eigenvalue weighted by atomic mass is 10.1. The van der Waals surface area contributed by atoms with Gasteiger partial charge in [-0.3, -0.25) is 0 Å². The van der Waals surface area contributed by atoms with Crippen LogP contribution < -0.4 is 10.6 Å². The molecule has 1 aliphatic rings. The number of aryl methyl sites for hydroxylation is 1. The zero-order chi connectivity index (χ0) is 14.8. The van der Waals surface area contributed by atoms with Crippen LogP contribution in [0.1, 0.15) is 36.9 Å². The first-order chi connectivity index (χ1) is 10.2. The molecular weight excluding hydrogens is 324 g/mol. The van der Waals surface area contributed by atoms with Crippen LogP contribution in [0, 0.1) is 0 Å². The quantitative estimate of drug-likeness (QED) is 0.835. The second-order valence-corrected chi connectivity index (χ2v) is 6.59. The summed E-state index contributed by atoms with van der Waals surface area (Å²) in [5, 5.41) is 0. The fourth-order valence-corrected chi connectivity index (χ4v) is 3.58. The maximum atomic E-state index is 5.98. The Hall–Kier alpha value is -1.32. The van der Waals surface area contributed by atoms with E-state index in [1.54, 1.807) is 0 Å². The van der Waals surface area contributed by atoms with Gasteiger partial charge in [-0.15, -0.1) is 0 Å². The van der Waals surface area contributed by atoms with Crippen LogP contribution in [-0.2, 0) is 6.42 Å². The number of fused-ring (bicyclic) bond motifs is 1. The maximum absolute atomic E-state index is 5.98. The van der Waals surface area contributed by atoms with Gasteiger partial charge < -0.3 is 10.6 Å². The molecule has 0 spiro atoms. The van der Waals surface area contributed by atoms with E-state index in [4.69, 9.17) is 5.73 Å². The van der Waals surface area contributed by atoms with Gasteiger partial charge in [-0.2, -0.15) is 0 Å². The predicted molar refractivity (Wildman–Crippen MR) is 93.1 cm³/mol. The topological polar surface area (TPSA) is 29.3 Å². The van der Waals surface area contributed by atoms with Crippen LogP contribution in [0.4, 0.5) is 11.4 Å². The largest absolute Gasteiger partial charge is 0.340 e.